The number of carbonyl (C=O) groups is 1. The standard InChI is InChI=1S/C13H15N3O2/c1-9-12(10(2)15-18-3)13(17)16(14-9)11-7-5-4-6-8-11/h4-8,12H,1-3H3. The molecule has 1 aromatic carbocycles. The number of carbonyl (C=O) groups excluding carboxylic acids is 1. The van der Waals surface area contributed by atoms with Crippen molar-refractivity contribution in [2.24, 2.45) is 16.2 Å². The third kappa shape index (κ3) is 2.11. The minimum absolute atomic E-state index is 0.1000. The zero-order valence-electron chi connectivity index (χ0n) is 10.6. The van der Waals surface area contributed by atoms with E-state index < -0.39 is 5.92 Å². The Morgan fingerprint density at radius 2 is 2.06 bits per heavy atom. The lowest BCUT2D eigenvalue weighted by Gasteiger charge is -2.13. The van der Waals surface area contributed by atoms with Crippen molar-refractivity contribution in [2.45, 2.75) is 13.8 Å². The van der Waals surface area contributed by atoms with Gasteiger partial charge in [-0.1, -0.05) is 23.4 Å². The zero-order valence-corrected chi connectivity index (χ0v) is 10.6. The van der Waals surface area contributed by atoms with Gasteiger partial charge in [0.2, 0.25) is 0 Å². The topological polar surface area (TPSA) is 54.3 Å². The molecule has 18 heavy (non-hydrogen) atoms. The highest BCUT2D eigenvalue weighted by atomic mass is 16.6. The second-order valence-electron chi connectivity index (χ2n) is 4.08. The van der Waals surface area contributed by atoms with Crippen molar-refractivity contribution < 1.29 is 9.63 Å². The fourth-order valence-corrected chi connectivity index (χ4v) is 2.00. The number of benzene rings is 1. The average Bonchev–Trinajstić information content (AvgIpc) is 2.66. The molecule has 1 aromatic rings. The molecule has 5 nitrogen and oxygen atoms in total. The number of rotatable bonds is 3. The van der Waals surface area contributed by atoms with Gasteiger partial charge in [-0.05, 0) is 26.0 Å². The number of hydrogen-bond acceptors (Lipinski definition) is 4. The average molecular weight is 245 g/mol. The van der Waals surface area contributed by atoms with Crippen LogP contribution >= 0.6 is 0 Å². The molecule has 1 atom stereocenters. The van der Waals surface area contributed by atoms with Gasteiger partial charge in [0.05, 0.1) is 17.1 Å². The molecule has 5 heteroatoms. The summed E-state index contributed by atoms with van der Waals surface area (Å²) in [6, 6.07) is 9.34. The fourth-order valence-electron chi connectivity index (χ4n) is 2.00. The van der Waals surface area contributed by atoms with Crippen molar-refractivity contribution in [3.63, 3.8) is 0 Å². The van der Waals surface area contributed by atoms with Crippen LogP contribution in [0, 0.1) is 5.92 Å². The van der Waals surface area contributed by atoms with Crippen LogP contribution < -0.4 is 5.01 Å². The van der Waals surface area contributed by atoms with Gasteiger partial charge in [0.15, 0.2) is 0 Å². The van der Waals surface area contributed by atoms with Crippen molar-refractivity contribution in [2.75, 3.05) is 12.1 Å². The van der Waals surface area contributed by atoms with E-state index in [-0.39, 0.29) is 5.91 Å². The van der Waals surface area contributed by atoms with E-state index in [0.717, 1.165) is 11.4 Å². The van der Waals surface area contributed by atoms with Crippen LogP contribution in [0.4, 0.5) is 5.69 Å². The first-order valence-corrected chi connectivity index (χ1v) is 5.67. The molecule has 0 aromatic heterocycles. The first kappa shape index (κ1) is 12.3. The van der Waals surface area contributed by atoms with Gasteiger partial charge in [-0.25, -0.2) is 0 Å². The zero-order chi connectivity index (χ0) is 13.1. The molecule has 0 spiro atoms. The Bertz CT molecular complexity index is 508. The highest BCUT2D eigenvalue weighted by Crippen LogP contribution is 2.24. The van der Waals surface area contributed by atoms with E-state index in [9.17, 15) is 4.79 Å². The smallest absolute Gasteiger partial charge is 0.262 e. The van der Waals surface area contributed by atoms with E-state index in [1.807, 2.05) is 37.3 Å². The Balaban J connectivity index is 2.30. The van der Waals surface area contributed by atoms with E-state index in [1.165, 1.54) is 12.1 Å². The van der Waals surface area contributed by atoms with Gasteiger partial charge >= 0.3 is 0 Å². The molecule has 0 bridgehead atoms. The summed E-state index contributed by atoms with van der Waals surface area (Å²) >= 11 is 0. The van der Waals surface area contributed by atoms with Gasteiger partial charge in [-0.3, -0.25) is 4.79 Å². The number of hydrazone groups is 1. The van der Waals surface area contributed by atoms with Crippen molar-refractivity contribution >= 4 is 23.0 Å². The largest absolute Gasteiger partial charge is 0.399 e. The molecule has 1 heterocycles. The first-order valence-electron chi connectivity index (χ1n) is 5.67. The molecule has 1 aliphatic rings. The van der Waals surface area contributed by atoms with Crippen molar-refractivity contribution in [3.8, 4) is 0 Å². The SMILES string of the molecule is CON=C(C)C1C(=O)N(c2ccccc2)N=C1C. The number of hydrogen-bond donors (Lipinski definition) is 0. The predicted octanol–water partition coefficient (Wildman–Crippen LogP) is 2.05. The van der Waals surface area contributed by atoms with E-state index in [2.05, 4.69) is 10.3 Å². The Kier molecular flexibility index (Phi) is 3.41. The van der Waals surface area contributed by atoms with Gasteiger partial charge in [0.1, 0.15) is 13.0 Å². The molecule has 0 saturated heterocycles. The predicted molar refractivity (Wildman–Crippen MR) is 70.6 cm³/mol. The first-order chi connectivity index (χ1) is 8.65. The second-order valence-corrected chi connectivity index (χ2v) is 4.08. The van der Waals surface area contributed by atoms with Crippen LogP contribution in [0.2, 0.25) is 0 Å². The minimum atomic E-state index is -0.426. The van der Waals surface area contributed by atoms with Crippen LogP contribution in [-0.4, -0.2) is 24.4 Å². The van der Waals surface area contributed by atoms with Crippen LogP contribution in [0.1, 0.15) is 13.8 Å². The van der Waals surface area contributed by atoms with Gasteiger partial charge in [-0.15, -0.1) is 0 Å². The molecule has 0 radical (unpaired) electrons. The third-order valence-corrected chi connectivity index (χ3v) is 2.79. The molecule has 94 valence electrons. The summed E-state index contributed by atoms with van der Waals surface area (Å²) < 4.78 is 0. The number of amides is 1. The summed E-state index contributed by atoms with van der Waals surface area (Å²) in [6.45, 7) is 3.58. The number of para-hydroxylation sites is 1. The van der Waals surface area contributed by atoms with Crippen molar-refractivity contribution in [1.82, 2.24) is 0 Å². The lowest BCUT2D eigenvalue weighted by molar-refractivity contribution is -0.118. The molecule has 1 unspecified atom stereocenters. The summed E-state index contributed by atoms with van der Waals surface area (Å²) in [4.78, 5) is 17.0. The van der Waals surface area contributed by atoms with Crippen molar-refractivity contribution in [3.05, 3.63) is 30.3 Å². The Morgan fingerprint density at radius 3 is 2.67 bits per heavy atom. The lowest BCUT2D eigenvalue weighted by atomic mass is 10.00. The summed E-state index contributed by atoms with van der Waals surface area (Å²) in [5.41, 5.74) is 2.10. The Hall–Kier alpha value is -2.17. The number of anilines is 1. The fraction of sp³-hybridized carbons (Fsp3) is 0.308. The molecular weight excluding hydrogens is 230 g/mol. The summed E-state index contributed by atoms with van der Waals surface area (Å²) in [7, 11) is 1.46. The molecule has 0 N–H and O–H groups in total. The molecule has 1 aliphatic heterocycles. The van der Waals surface area contributed by atoms with Gasteiger partial charge in [-0.2, -0.15) is 10.1 Å². The molecule has 0 aliphatic carbocycles. The number of nitrogens with zero attached hydrogens (tertiary/aromatic N) is 3. The Labute approximate surface area is 106 Å². The van der Waals surface area contributed by atoms with Gasteiger partial charge < -0.3 is 4.84 Å². The summed E-state index contributed by atoms with van der Waals surface area (Å²) in [5.74, 6) is -0.526. The molecule has 0 fully saturated rings. The van der Waals surface area contributed by atoms with E-state index >= 15 is 0 Å². The van der Waals surface area contributed by atoms with Crippen LogP contribution in [0.15, 0.2) is 40.6 Å². The van der Waals surface area contributed by atoms with Crippen LogP contribution in [0.5, 0.6) is 0 Å². The van der Waals surface area contributed by atoms with E-state index in [0.29, 0.717) is 5.71 Å². The molecule has 2 rings (SSSR count). The van der Waals surface area contributed by atoms with Crippen LogP contribution in [0.25, 0.3) is 0 Å². The Morgan fingerprint density at radius 1 is 1.39 bits per heavy atom. The van der Waals surface area contributed by atoms with E-state index in [4.69, 9.17) is 4.84 Å². The van der Waals surface area contributed by atoms with Crippen LogP contribution in [-0.2, 0) is 9.63 Å². The molecule has 1 amide bonds. The summed E-state index contributed by atoms with van der Waals surface area (Å²) in [6.07, 6.45) is 0. The minimum Gasteiger partial charge on any atom is -0.399 e. The third-order valence-electron chi connectivity index (χ3n) is 2.79. The maximum atomic E-state index is 12.3. The lowest BCUT2D eigenvalue weighted by Crippen LogP contribution is -2.31. The quantitative estimate of drug-likeness (QED) is 0.604. The summed E-state index contributed by atoms with van der Waals surface area (Å²) in [5, 5.41) is 9.52. The maximum absolute atomic E-state index is 12.3. The highest BCUT2D eigenvalue weighted by molar-refractivity contribution is 6.27. The second kappa shape index (κ2) is 5.00. The molecule has 0 saturated carbocycles. The monoisotopic (exact) mass is 245 g/mol. The number of oxime groups is 1. The molecular formula is C13H15N3O2. The van der Waals surface area contributed by atoms with Crippen LogP contribution in [0.3, 0.4) is 0 Å². The van der Waals surface area contributed by atoms with Gasteiger partial charge in [0.25, 0.3) is 5.91 Å². The van der Waals surface area contributed by atoms with Gasteiger partial charge in [0, 0.05) is 0 Å². The van der Waals surface area contributed by atoms with E-state index in [1.54, 1.807) is 6.92 Å². The maximum Gasteiger partial charge on any atom is 0.262 e. The normalized spacial score (nSPS) is 20.1. The highest BCUT2D eigenvalue weighted by Gasteiger charge is 2.36. The van der Waals surface area contributed by atoms with Crippen molar-refractivity contribution in [1.29, 1.82) is 0 Å².